The zero-order valence-electron chi connectivity index (χ0n) is 15.5. The number of hydrogen-bond donors (Lipinski definition) is 0. The standard InChI is InChI=1S/C20H17F2N5O2/c1-11-4-2-5-13(16(11)22)20(28)27-12-8-26-18(15(27)10-29-9-12)24-25-19(26)17-14(21)6-3-7-23-17/h2-7,12,15H,8-10H2,1H3/t12-,15-/m1/s1. The molecule has 1 aromatic carbocycles. The number of benzene rings is 1. The minimum atomic E-state index is -0.539. The average Bonchev–Trinajstić information content (AvgIpc) is 3.13. The van der Waals surface area contributed by atoms with Gasteiger partial charge in [0.15, 0.2) is 17.5 Å². The number of carbonyl (C=O) groups excluding carboxylic acids is 1. The summed E-state index contributed by atoms with van der Waals surface area (Å²) in [6.45, 7) is 2.43. The fourth-order valence-electron chi connectivity index (χ4n) is 4.01. The number of hydrogen-bond acceptors (Lipinski definition) is 5. The van der Waals surface area contributed by atoms with Crippen LogP contribution in [0.5, 0.6) is 0 Å². The van der Waals surface area contributed by atoms with E-state index in [9.17, 15) is 13.6 Å². The summed E-state index contributed by atoms with van der Waals surface area (Å²) < 4.78 is 36.3. The molecule has 4 heterocycles. The van der Waals surface area contributed by atoms with Crippen molar-refractivity contribution < 1.29 is 18.3 Å². The number of aromatic nitrogens is 4. The van der Waals surface area contributed by atoms with Gasteiger partial charge in [-0.2, -0.15) is 0 Å². The van der Waals surface area contributed by atoms with Crippen LogP contribution in [0.4, 0.5) is 8.78 Å². The molecule has 3 aromatic rings. The highest BCUT2D eigenvalue weighted by Gasteiger charge is 2.44. The van der Waals surface area contributed by atoms with E-state index < -0.39 is 23.6 Å². The fraction of sp³-hybridized carbons (Fsp3) is 0.300. The molecular weight excluding hydrogens is 380 g/mol. The summed E-state index contributed by atoms with van der Waals surface area (Å²) >= 11 is 0. The second-order valence-electron chi connectivity index (χ2n) is 7.18. The van der Waals surface area contributed by atoms with Gasteiger partial charge in [-0.1, -0.05) is 12.1 Å². The molecule has 2 atom stereocenters. The lowest BCUT2D eigenvalue weighted by molar-refractivity contribution is -0.0571. The molecule has 2 aromatic heterocycles. The van der Waals surface area contributed by atoms with E-state index in [1.807, 2.05) is 0 Å². The molecule has 2 aliphatic heterocycles. The molecule has 9 heteroatoms. The molecular formula is C20H17F2N5O2. The number of amides is 1. The van der Waals surface area contributed by atoms with E-state index in [1.54, 1.807) is 28.5 Å². The van der Waals surface area contributed by atoms with Gasteiger partial charge in [-0.3, -0.25) is 4.79 Å². The van der Waals surface area contributed by atoms with E-state index in [4.69, 9.17) is 4.74 Å². The molecule has 1 fully saturated rings. The van der Waals surface area contributed by atoms with Gasteiger partial charge in [0.05, 0.1) is 24.8 Å². The number of aryl methyl sites for hydroxylation is 1. The minimum absolute atomic E-state index is 0.0193. The molecule has 1 amide bonds. The van der Waals surface area contributed by atoms with Crippen LogP contribution in [-0.2, 0) is 11.3 Å². The summed E-state index contributed by atoms with van der Waals surface area (Å²) in [7, 11) is 0. The van der Waals surface area contributed by atoms with Crippen molar-refractivity contribution in [3.63, 3.8) is 0 Å². The number of nitrogens with zero attached hydrogens (tertiary/aromatic N) is 5. The second kappa shape index (κ2) is 6.70. The summed E-state index contributed by atoms with van der Waals surface area (Å²) in [5.41, 5.74) is 0.533. The Hall–Kier alpha value is -3.20. The highest BCUT2D eigenvalue weighted by molar-refractivity contribution is 5.95. The fourth-order valence-corrected chi connectivity index (χ4v) is 4.01. The maximum absolute atomic E-state index is 14.6. The molecule has 148 valence electrons. The topological polar surface area (TPSA) is 73.1 Å². The number of ether oxygens (including phenoxy) is 1. The van der Waals surface area contributed by atoms with Crippen LogP contribution in [0.1, 0.15) is 27.8 Å². The lowest BCUT2D eigenvalue weighted by atomic mass is 10.0. The Balaban J connectivity index is 1.57. The molecule has 0 spiro atoms. The lowest BCUT2D eigenvalue weighted by Gasteiger charge is -2.45. The molecule has 0 saturated carbocycles. The third kappa shape index (κ3) is 2.72. The number of morpholine rings is 1. The van der Waals surface area contributed by atoms with Crippen LogP contribution in [0.15, 0.2) is 36.5 Å². The maximum Gasteiger partial charge on any atom is 0.257 e. The average molecular weight is 397 g/mol. The summed E-state index contributed by atoms with van der Waals surface area (Å²) in [6, 6.07) is 6.69. The number of halogens is 2. The molecule has 5 rings (SSSR count). The monoisotopic (exact) mass is 397 g/mol. The van der Waals surface area contributed by atoms with Crippen molar-refractivity contribution in [3.05, 3.63) is 65.1 Å². The minimum Gasteiger partial charge on any atom is -0.377 e. The number of fused-ring (bicyclic) bond motifs is 4. The van der Waals surface area contributed by atoms with E-state index in [2.05, 4.69) is 15.2 Å². The quantitative estimate of drug-likeness (QED) is 0.665. The van der Waals surface area contributed by atoms with Crippen LogP contribution in [0.25, 0.3) is 11.5 Å². The lowest BCUT2D eigenvalue weighted by Crippen LogP contribution is -2.56. The van der Waals surface area contributed by atoms with Gasteiger partial charge in [0.25, 0.3) is 5.91 Å². The third-order valence-electron chi connectivity index (χ3n) is 5.41. The zero-order chi connectivity index (χ0) is 20.1. The van der Waals surface area contributed by atoms with E-state index in [0.29, 0.717) is 23.8 Å². The van der Waals surface area contributed by atoms with Crippen molar-refractivity contribution >= 4 is 5.91 Å². The molecule has 0 N–H and O–H groups in total. The van der Waals surface area contributed by atoms with Gasteiger partial charge in [0.2, 0.25) is 0 Å². The summed E-state index contributed by atoms with van der Waals surface area (Å²) in [5, 5.41) is 8.33. The largest absolute Gasteiger partial charge is 0.377 e. The first-order chi connectivity index (χ1) is 14.1. The molecule has 2 aliphatic rings. The molecule has 7 nitrogen and oxygen atoms in total. The molecule has 1 saturated heterocycles. The molecule has 0 unspecified atom stereocenters. The van der Waals surface area contributed by atoms with Crippen molar-refractivity contribution in [2.45, 2.75) is 25.6 Å². The van der Waals surface area contributed by atoms with E-state index in [0.717, 1.165) is 0 Å². The van der Waals surface area contributed by atoms with Gasteiger partial charge in [-0.25, -0.2) is 13.8 Å². The summed E-state index contributed by atoms with van der Waals surface area (Å²) in [5.74, 6) is -0.653. The Labute approximate surface area is 165 Å². The Bertz CT molecular complexity index is 1120. The Morgan fingerprint density at radius 2 is 2.03 bits per heavy atom. The van der Waals surface area contributed by atoms with Crippen LogP contribution in [0.2, 0.25) is 0 Å². The van der Waals surface area contributed by atoms with Crippen molar-refractivity contribution in [1.29, 1.82) is 0 Å². The first-order valence-corrected chi connectivity index (χ1v) is 9.25. The summed E-state index contributed by atoms with van der Waals surface area (Å²) in [6.07, 6.45) is 1.49. The van der Waals surface area contributed by atoms with Gasteiger partial charge >= 0.3 is 0 Å². The van der Waals surface area contributed by atoms with Crippen molar-refractivity contribution in [2.75, 3.05) is 13.2 Å². The molecule has 2 bridgehead atoms. The van der Waals surface area contributed by atoms with E-state index in [-0.39, 0.29) is 30.5 Å². The van der Waals surface area contributed by atoms with Gasteiger partial charge in [-0.15, -0.1) is 10.2 Å². The van der Waals surface area contributed by atoms with Gasteiger partial charge in [-0.05, 0) is 30.7 Å². The maximum atomic E-state index is 14.6. The summed E-state index contributed by atoms with van der Waals surface area (Å²) in [4.78, 5) is 18.9. The number of rotatable bonds is 2. The van der Waals surface area contributed by atoms with Gasteiger partial charge in [0, 0.05) is 12.7 Å². The second-order valence-corrected chi connectivity index (χ2v) is 7.18. The normalized spacial score (nSPS) is 20.4. The van der Waals surface area contributed by atoms with Crippen LogP contribution >= 0.6 is 0 Å². The zero-order valence-corrected chi connectivity index (χ0v) is 15.5. The van der Waals surface area contributed by atoms with Crippen LogP contribution in [0.3, 0.4) is 0 Å². The smallest absolute Gasteiger partial charge is 0.257 e. The molecule has 0 radical (unpaired) electrons. The van der Waals surface area contributed by atoms with Crippen molar-refractivity contribution in [1.82, 2.24) is 24.6 Å². The van der Waals surface area contributed by atoms with Crippen LogP contribution in [0, 0.1) is 18.6 Å². The van der Waals surface area contributed by atoms with Gasteiger partial charge in [0.1, 0.15) is 17.6 Å². The number of pyridine rings is 1. The predicted octanol–water partition coefficient (Wildman–Crippen LogP) is 2.52. The first kappa shape index (κ1) is 17.9. The van der Waals surface area contributed by atoms with Crippen molar-refractivity contribution in [2.24, 2.45) is 0 Å². The SMILES string of the molecule is Cc1cccc(C(=O)N2[C@H]3COC[C@@H]2c2nnc(-c4ncccc4F)n2C3)c1F. The van der Waals surface area contributed by atoms with Gasteiger partial charge < -0.3 is 14.2 Å². The van der Waals surface area contributed by atoms with Crippen molar-refractivity contribution in [3.8, 4) is 11.5 Å². The van der Waals surface area contributed by atoms with E-state index in [1.165, 1.54) is 24.4 Å². The predicted molar refractivity (Wildman–Crippen MR) is 97.9 cm³/mol. The Kier molecular flexibility index (Phi) is 4.13. The highest BCUT2D eigenvalue weighted by Crippen LogP contribution is 2.36. The Morgan fingerprint density at radius 1 is 1.17 bits per heavy atom. The highest BCUT2D eigenvalue weighted by atomic mass is 19.1. The Morgan fingerprint density at radius 3 is 2.86 bits per heavy atom. The molecule has 29 heavy (non-hydrogen) atoms. The molecule has 0 aliphatic carbocycles. The first-order valence-electron chi connectivity index (χ1n) is 9.25. The van der Waals surface area contributed by atoms with Crippen LogP contribution in [-0.4, -0.2) is 49.8 Å². The van der Waals surface area contributed by atoms with E-state index >= 15 is 0 Å². The number of carbonyl (C=O) groups is 1. The van der Waals surface area contributed by atoms with Crippen LogP contribution < -0.4 is 0 Å². The third-order valence-corrected chi connectivity index (χ3v) is 5.41.